The molecule has 0 fully saturated rings. The summed E-state index contributed by atoms with van der Waals surface area (Å²) in [6.07, 6.45) is 1.64. The minimum Gasteiger partial charge on any atom is -0.464 e. The molecule has 4 heteroatoms. The van der Waals surface area contributed by atoms with Crippen molar-refractivity contribution in [2.24, 2.45) is 11.8 Å². The Balaban J connectivity index is 3.79. The van der Waals surface area contributed by atoms with Gasteiger partial charge in [0.15, 0.2) is 0 Å². The van der Waals surface area contributed by atoms with Crippen LogP contribution in [0.2, 0.25) is 0 Å². The first-order valence-corrected chi connectivity index (χ1v) is 8.67. The molecule has 0 bridgehead atoms. The fraction of sp³-hybridized carbons (Fsp3) is 0.933. The molecule has 0 aliphatic carbocycles. The molecule has 0 radical (unpaired) electrons. The van der Waals surface area contributed by atoms with Gasteiger partial charge >= 0.3 is 5.97 Å². The van der Waals surface area contributed by atoms with E-state index in [0.717, 1.165) is 26.1 Å². The van der Waals surface area contributed by atoms with Gasteiger partial charge in [-0.15, -0.1) is 0 Å². The number of ether oxygens (including phenoxy) is 1. The van der Waals surface area contributed by atoms with Gasteiger partial charge in [0.1, 0.15) is 6.61 Å². The highest BCUT2D eigenvalue weighted by molar-refractivity contribution is 14.1. The van der Waals surface area contributed by atoms with Crippen LogP contribution < -0.4 is 0 Å². The average molecular weight is 383 g/mol. The van der Waals surface area contributed by atoms with E-state index in [1.165, 1.54) is 0 Å². The molecular formula is C15H30INO2. The summed E-state index contributed by atoms with van der Waals surface area (Å²) >= 11 is 2.45. The zero-order valence-corrected chi connectivity index (χ0v) is 15.3. The molecule has 0 saturated heterocycles. The van der Waals surface area contributed by atoms with Crippen molar-refractivity contribution in [3.05, 3.63) is 0 Å². The molecule has 0 amide bonds. The summed E-state index contributed by atoms with van der Waals surface area (Å²) in [4.78, 5) is 14.0. The number of esters is 1. The van der Waals surface area contributed by atoms with Crippen LogP contribution in [0.25, 0.3) is 0 Å². The van der Waals surface area contributed by atoms with Gasteiger partial charge in [-0.25, -0.2) is 0 Å². The van der Waals surface area contributed by atoms with Crippen LogP contribution in [0.15, 0.2) is 0 Å². The Labute approximate surface area is 132 Å². The van der Waals surface area contributed by atoms with E-state index in [-0.39, 0.29) is 5.97 Å². The Kier molecular flexibility index (Phi) is 11.0. The van der Waals surface area contributed by atoms with Gasteiger partial charge in [0.25, 0.3) is 0 Å². The quantitative estimate of drug-likeness (QED) is 0.327. The van der Waals surface area contributed by atoms with Gasteiger partial charge in [0.2, 0.25) is 0 Å². The molecule has 19 heavy (non-hydrogen) atoms. The maximum absolute atomic E-state index is 11.7. The van der Waals surface area contributed by atoms with Crippen molar-refractivity contribution in [1.82, 2.24) is 4.90 Å². The summed E-state index contributed by atoms with van der Waals surface area (Å²) in [6.45, 7) is 14.2. The molecular weight excluding hydrogens is 353 g/mol. The summed E-state index contributed by atoms with van der Waals surface area (Å²) in [6, 6.07) is 0. The van der Waals surface area contributed by atoms with E-state index in [4.69, 9.17) is 4.74 Å². The van der Waals surface area contributed by atoms with Crippen LogP contribution in [-0.4, -0.2) is 41.0 Å². The van der Waals surface area contributed by atoms with Crippen molar-refractivity contribution >= 4 is 28.6 Å². The van der Waals surface area contributed by atoms with E-state index in [1.807, 2.05) is 0 Å². The zero-order chi connectivity index (χ0) is 14.8. The van der Waals surface area contributed by atoms with Crippen molar-refractivity contribution in [2.75, 3.05) is 26.2 Å². The van der Waals surface area contributed by atoms with Crippen molar-refractivity contribution < 1.29 is 9.53 Å². The smallest absolute Gasteiger partial charge is 0.306 e. The lowest BCUT2D eigenvalue weighted by Crippen LogP contribution is -2.28. The number of rotatable bonds is 10. The van der Waals surface area contributed by atoms with Crippen LogP contribution >= 0.6 is 22.6 Å². The van der Waals surface area contributed by atoms with Crippen LogP contribution in [0, 0.1) is 11.8 Å². The summed E-state index contributed by atoms with van der Waals surface area (Å²) < 4.78 is 5.96. The Morgan fingerprint density at radius 3 is 2.26 bits per heavy atom. The highest BCUT2D eigenvalue weighted by atomic mass is 127. The molecule has 114 valence electrons. The number of halogens is 1. The van der Waals surface area contributed by atoms with Crippen molar-refractivity contribution in [1.29, 1.82) is 0 Å². The van der Waals surface area contributed by atoms with Gasteiger partial charge in [0.05, 0.1) is 0 Å². The fourth-order valence-corrected chi connectivity index (χ4v) is 2.37. The summed E-state index contributed by atoms with van der Waals surface area (Å²) in [5, 5.41) is 0. The molecule has 0 rings (SSSR count). The number of likely N-dealkylation sites (N-methyl/N-ethyl adjacent to an activating group) is 1. The maximum Gasteiger partial charge on any atom is 0.306 e. The van der Waals surface area contributed by atoms with Gasteiger partial charge < -0.3 is 9.64 Å². The van der Waals surface area contributed by atoms with Gasteiger partial charge in [-0.2, -0.15) is 0 Å². The fourth-order valence-electron chi connectivity index (χ4n) is 2.08. The molecule has 0 heterocycles. The van der Waals surface area contributed by atoms with Crippen LogP contribution in [0.1, 0.15) is 47.5 Å². The zero-order valence-electron chi connectivity index (χ0n) is 13.1. The second kappa shape index (κ2) is 10.9. The Morgan fingerprint density at radius 2 is 1.79 bits per heavy atom. The van der Waals surface area contributed by atoms with E-state index in [1.54, 1.807) is 0 Å². The van der Waals surface area contributed by atoms with E-state index < -0.39 is 0 Å². The van der Waals surface area contributed by atoms with Crippen LogP contribution in [0.3, 0.4) is 0 Å². The van der Waals surface area contributed by atoms with Crippen LogP contribution in [0.4, 0.5) is 0 Å². The molecule has 3 atom stereocenters. The minimum atomic E-state index is -0.0482. The number of hydrogen-bond acceptors (Lipinski definition) is 3. The van der Waals surface area contributed by atoms with E-state index in [2.05, 4.69) is 62.1 Å². The second-order valence-electron chi connectivity index (χ2n) is 5.45. The minimum absolute atomic E-state index is 0.0482. The lowest BCUT2D eigenvalue weighted by molar-refractivity contribution is -0.145. The average Bonchev–Trinajstić information content (AvgIpc) is 2.34. The SMILES string of the molecule is CCN(CC)CCOC(=O)CC(C)CC(C)C(C)I. The van der Waals surface area contributed by atoms with Crippen molar-refractivity contribution in [3.8, 4) is 0 Å². The monoisotopic (exact) mass is 383 g/mol. The van der Waals surface area contributed by atoms with Gasteiger partial charge in [-0.05, 0) is 31.3 Å². The third-order valence-corrected chi connectivity index (χ3v) is 4.87. The Hall–Kier alpha value is 0.160. The van der Waals surface area contributed by atoms with Gasteiger partial charge in [-0.1, -0.05) is 57.2 Å². The summed E-state index contributed by atoms with van der Waals surface area (Å²) in [5.41, 5.74) is 0. The molecule has 0 aromatic heterocycles. The molecule has 0 aliphatic rings. The van der Waals surface area contributed by atoms with Crippen LogP contribution in [0.5, 0.6) is 0 Å². The maximum atomic E-state index is 11.7. The van der Waals surface area contributed by atoms with Crippen LogP contribution in [-0.2, 0) is 9.53 Å². The first-order chi connectivity index (χ1) is 8.90. The summed E-state index contributed by atoms with van der Waals surface area (Å²) in [5.74, 6) is 1.01. The number of carbonyl (C=O) groups excluding carboxylic acids is 1. The number of alkyl halides is 1. The van der Waals surface area contributed by atoms with Gasteiger partial charge in [-0.3, -0.25) is 4.79 Å². The normalized spacial score (nSPS) is 16.2. The first kappa shape index (κ1) is 19.2. The molecule has 0 saturated carbocycles. The third-order valence-electron chi connectivity index (χ3n) is 3.64. The largest absolute Gasteiger partial charge is 0.464 e. The molecule has 0 spiro atoms. The number of carbonyl (C=O) groups is 1. The standard InChI is InChI=1S/C15H30INO2/c1-6-17(7-2)8-9-19-15(18)11-12(3)10-13(4)14(5)16/h12-14H,6-11H2,1-5H3. The Morgan fingerprint density at radius 1 is 1.21 bits per heavy atom. The van der Waals surface area contributed by atoms with Crippen molar-refractivity contribution in [3.63, 3.8) is 0 Å². The molecule has 0 aliphatic heterocycles. The molecule has 3 nitrogen and oxygen atoms in total. The third kappa shape index (κ3) is 9.66. The second-order valence-corrected chi connectivity index (χ2v) is 7.41. The van der Waals surface area contributed by atoms with Crippen molar-refractivity contribution in [2.45, 2.75) is 51.4 Å². The first-order valence-electron chi connectivity index (χ1n) is 7.42. The molecule has 0 aromatic rings. The predicted molar refractivity (Wildman–Crippen MR) is 89.8 cm³/mol. The van der Waals surface area contributed by atoms with E-state index >= 15 is 0 Å². The van der Waals surface area contributed by atoms with E-state index in [0.29, 0.717) is 28.8 Å². The number of nitrogens with zero attached hydrogens (tertiary/aromatic N) is 1. The lowest BCUT2D eigenvalue weighted by Gasteiger charge is -2.20. The number of hydrogen-bond donors (Lipinski definition) is 0. The predicted octanol–water partition coefficient (Wildman–Crippen LogP) is 3.75. The lowest BCUT2D eigenvalue weighted by atomic mass is 9.93. The van der Waals surface area contributed by atoms with Gasteiger partial charge in [0, 0.05) is 16.9 Å². The molecule has 3 unspecified atom stereocenters. The Bertz CT molecular complexity index is 242. The van der Waals surface area contributed by atoms with E-state index in [9.17, 15) is 4.79 Å². The molecule has 0 aromatic carbocycles. The summed E-state index contributed by atoms with van der Waals surface area (Å²) in [7, 11) is 0. The topological polar surface area (TPSA) is 29.5 Å². The highest BCUT2D eigenvalue weighted by Crippen LogP contribution is 2.22. The molecule has 0 N–H and O–H groups in total. The highest BCUT2D eigenvalue weighted by Gasteiger charge is 2.16.